The first-order valence-corrected chi connectivity index (χ1v) is 9.41. The lowest BCUT2D eigenvalue weighted by atomic mass is 10.1. The third-order valence-corrected chi connectivity index (χ3v) is 4.28. The van der Waals surface area contributed by atoms with E-state index in [9.17, 15) is 18.8 Å². The summed E-state index contributed by atoms with van der Waals surface area (Å²) >= 11 is 0. The average Bonchev–Trinajstić information content (AvgIpc) is 2.63. The van der Waals surface area contributed by atoms with Crippen LogP contribution in [0.2, 0.25) is 0 Å². The number of alkyl carbamates (subject to hydrolysis) is 1. The first kappa shape index (κ1) is 21.7. The minimum absolute atomic E-state index is 0.0109. The minimum Gasteiger partial charge on any atom is -0.444 e. The van der Waals surface area contributed by atoms with Crippen LogP contribution in [-0.2, 0) is 20.7 Å². The second kappa shape index (κ2) is 9.52. The van der Waals surface area contributed by atoms with Gasteiger partial charge >= 0.3 is 6.09 Å². The maximum absolute atomic E-state index is 13.2. The molecule has 154 valence electrons. The lowest BCUT2D eigenvalue weighted by Crippen LogP contribution is -2.52. The number of rotatable bonds is 5. The molecule has 1 aromatic carbocycles. The molecule has 0 unspecified atom stereocenters. The highest BCUT2D eigenvalue weighted by Gasteiger charge is 2.24. The van der Waals surface area contributed by atoms with Crippen LogP contribution < -0.4 is 5.32 Å². The Morgan fingerprint density at radius 2 is 1.68 bits per heavy atom. The fraction of sp³-hybridized carbons (Fsp3) is 0.550. The zero-order valence-corrected chi connectivity index (χ0v) is 16.7. The van der Waals surface area contributed by atoms with Crippen LogP contribution >= 0.6 is 0 Å². The smallest absolute Gasteiger partial charge is 0.408 e. The van der Waals surface area contributed by atoms with Gasteiger partial charge in [-0.1, -0.05) is 12.1 Å². The van der Waals surface area contributed by atoms with Crippen molar-refractivity contribution < 1.29 is 23.5 Å². The topological polar surface area (TPSA) is 79.0 Å². The average molecular weight is 393 g/mol. The summed E-state index contributed by atoms with van der Waals surface area (Å²) in [6.07, 6.45) is 0.152. The number of amides is 3. The van der Waals surface area contributed by atoms with Crippen molar-refractivity contribution in [3.63, 3.8) is 0 Å². The predicted molar refractivity (Wildman–Crippen MR) is 102 cm³/mol. The predicted octanol–water partition coefficient (Wildman–Crippen LogP) is 1.95. The number of hydrogen-bond donors (Lipinski definition) is 1. The van der Waals surface area contributed by atoms with Gasteiger partial charge in [-0.05, 0) is 44.9 Å². The van der Waals surface area contributed by atoms with Gasteiger partial charge in [0.05, 0.1) is 0 Å². The number of carbonyl (C=O) groups is 3. The summed E-state index contributed by atoms with van der Waals surface area (Å²) < 4.78 is 18.3. The number of carbonyl (C=O) groups excluding carboxylic acids is 3. The molecular weight excluding hydrogens is 365 g/mol. The van der Waals surface area contributed by atoms with Gasteiger partial charge in [0, 0.05) is 32.6 Å². The molecule has 1 aliphatic heterocycles. The van der Waals surface area contributed by atoms with Gasteiger partial charge in [-0.2, -0.15) is 0 Å². The van der Waals surface area contributed by atoms with Crippen LogP contribution in [0.3, 0.4) is 0 Å². The van der Waals surface area contributed by atoms with Crippen molar-refractivity contribution in [2.45, 2.75) is 39.2 Å². The molecule has 1 aromatic rings. The Kier molecular flexibility index (Phi) is 7.37. The number of halogens is 1. The van der Waals surface area contributed by atoms with E-state index in [1.54, 1.807) is 42.7 Å². The van der Waals surface area contributed by atoms with E-state index >= 15 is 0 Å². The molecule has 0 bridgehead atoms. The molecule has 1 N–H and O–H groups in total. The molecule has 0 saturated carbocycles. The first-order valence-electron chi connectivity index (χ1n) is 9.41. The third kappa shape index (κ3) is 7.17. The van der Waals surface area contributed by atoms with Crippen molar-refractivity contribution in [3.05, 3.63) is 35.6 Å². The van der Waals surface area contributed by atoms with Gasteiger partial charge in [0.15, 0.2) is 0 Å². The Bertz CT molecular complexity index is 710. The number of hydrogen-bond acceptors (Lipinski definition) is 4. The van der Waals surface area contributed by atoms with Gasteiger partial charge in [-0.15, -0.1) is 0 Å². The Hall–Kier alpha value is -2.64. The first-order chi connectivity index (χ1) is 13.1. The van der Waals surface area contributed by atoms with Gasteiger partial charge < -0.3 is 19.9 Å². The van der Waals surface area contributed by atoms with Crippen LogP contribution in [0.25, 0.3) is 0 Å². The van der Waals surface area contributed by atoms with Crippen molar-refractivity contribution in [2.24, 2.45) is 0 Å². The quantitative estimate of drug-likeness (QED) is 0.829. The number of aryl methyl sites for hydroxylation is 1. The molecule has 7 nitrogen and oxygen atoms in total. The van der Waals surface area contributed by atoms with Crippen molar-refractivity contribution in [1.82, 2.24) is 15.1 Å². The van der Waals surface area contributed by atoms with E-state index in [4.69, 9.17) is 4.74 Å². The molecule has 8 heteroatoms. The van der Waals surface area contributed by atoms with E-state index in [2.05, 4.69) is 5.32 Å². The highest BCUT2D eigenvalue weighted by atomic mass is 19.1. The summed E-state index contributed by atoms with van der Waals surface area (Å²) in [5, 5.41) is 2.45. The highest BCUT2D eigenvalue weighted by Crippen LogP contribution is 2.10. The van der Waals surface area contributed by atoms with E-state index in [-0.39, 0.29) is 24.2 Å². The summed E-state index contributed by atoms with van der Waals surface area (Å²) in [5.74, 6) is -0.530. The Morgan fingerprint density at radius 3 is 2.25 bits per heavy atom. The van der Waals surface area contributed by atoms with Crippen LogP contribution in [0.1, 0.15) is 32.8 Å². The van der Waals surface area contributed by atoms with Gasteiger partial charge in [-0.25, -0.2) is 9.18 Å². The maximum atomic E-state index is 13.2. The van der Waals surface area contributed by atoms with Crippen LogP contribution in [-0.4, -0.2) is 66.0 Å². The van der Waals surface area contributed by atoms with Crippen molar-refractivity contribution in [3.8, 4) is 0 Å². The van der Waals surface area contributed by atoms with Crippen molar-refractivity contribution in [1.29, 1.82) is 0 Å². The summed E-state index contributed by atoms with van der Waals surface area (Å²) in [7, 11) is 0. The summed E-state index contributed by atoms with van der Waals surface area (Å²) in [6, 6.07) is 6.23. The van der Waals surface area contributed by atoms with Gasteiger partial charge in [-0.3, -0.25) is 9.59 Å². The number of nitrogens with one attached hydrogen (secondary N) is 1. The van der Waals surface area contributed by atoms with E-state index < -0.39 is 11.7 Å². The van der Waals surface area contributed by atoms with Crippen LogP contribution in [0, 0.1) is 5.82 Å². The largest absolute Gasteiger partial charge is 0.444 e. The summed E-state index contributed by atoms with van der Waals surface area (Å²) in [5.41, 5.74) is 0.167. The van der Waals surface area contributed by atoms with Crippen LogP contribution in [0.15, 0.2) is 24.3 Å². The van der Waals surface area contributed by atoms with E-state index in [1.165, 1.54) is 12.1 Å². The highest BCUT2D eigenvalue weighted by molar-refractivity contribution is 5.83. The van der Waals surface area contributed by atoms with E-state index in [0.717, 1.165) is 5.56 Å². The van der Waals surface area contributed by atoms with Gasteiger partial charge in [0.2, 0.25) is 11.8 Å². The normalized spacial score (nSPS) is 14.6. The molecule has 0 spiro atoms. The molecule has 0 atom stereocenters. The monoisotopic (exact) mass is 393 g/mol. The lowest BCUT2D eigenvalue weighted by molar-refractivity contribution is -0.139. The molecule has 0 radical (unpaired) electrons. The lowest BCUT2D eigenvalue weighted by Gasteiger charge is -2.35. The van der Waals surface area contributed by atoms with Crippen molar-refractivity contribution >= 4 is 17.9 Å². The number of ether oxygens (including phenoxy) is 1. The minimum atomic E-state index is -0.632. The third-order valence-electron chi connectivity index (χ3n) is 4.28. The van der Waals surface area contributed by atoms with Gasteiger partial charge in [0.25, 0.3) is 0 Å². The molecule has 0 aliphatic carbocycles. The number of piperazine rings is 1. The fourth-order valence-corrected chi connectivity index (χ4v) is 2.88. The Morgan fingerprint density at radius 1 is 1.07 bits per heavy atom. The molecular formula is C20H28FN3O4. The molecule has 3 amide bonds. The zero-order chi connectivity index (χ0) is 20.7. The van der Waals surface area contributed by atoms with Crippen LogP contribution in [0.5, 0.6) is 0 Å². The standard InChI is InChI=1S/C20H28FN3O4/c1-20(2,3)28-19(27)22-14-18(26)24-11-9-23(10-12-24)17(25)8-7-15-5-4-6-16(21)13-15/h4-6,13H,7-12,14H2,1-3H3,(H,22,27). The molecule has 1 fully saturated rings. The SMILES string of the molecule is CC(C)(C)OC(=O)NCC(=O)N1CCN(C(=O)CCc2cccc(F)c2)CC1. The fourth-order valence-electron chi connectivity index (χ4n) is 2.88. The maximum Gasteiger partial charge on any atom is 0.408 e. The van der Waals surface area contributed by atoms with Crippen LogP contribution in [0.4, 0.5) is 9.18 Å². The van der Waals surface area contributed by atoms with Crippen molar-refractivity contribution in [2.75, 3.05) is 32.7 Å². The Balaban J connectivity index is 1.70. The Labute approximate surface area is 164 Å². The van der Waals surface area contributed by atoms with E-state index in [1.807, 2.05) is 0 Å². The molecule has 28 heavy (non-hydrogen) atoms. The molecule has 1 saturated heterocycles. The molecule has 1 aliphatic rings. The van der Waals surface area contributed by atoms with E-state index in [0.29, 0.717) is 39.0 Å². The second-order valence-corrected chi connectivity index (χ2v) is 7.75. The summed E-state index contributed by atoms with van der Waals surface area (Å²) in [6.45, 7) is 6.83. The molecule has 1 heterocycles. The number of nitrogens with zero attached hydrogens (tertiary/aromatic N) is 2. The molecule has 2 rings (SSSR count). The molecule has 0 aromatic heterocycles. The number of benzene rings is 1. The summed E-state index contributed by atoms with van der Waals surface area (Å²) in [4.78, 5) is 39.5. The van der Waals surface area contributed by atoms with Gasteiger partial charge in [0.1, 0.15) is 18.0 Å². The zero-order valence-electron chi connectivity index (χ0n) is 16.7. The second-order valence-electron chi connectivity index (χ2n) is 7.75.